The monoisotopic (exact) mass is 231 g/mol. The molecule has 1 N–H and O–H groups in total. The second-order valence-electron chi connectivity index (χ2n) is 3.95. The lowest BCUT2D eigenvalue weighted by molar-refractivity contribution is 0.808. The van der Waals surface area contributed by atoms with Crippen molar-refractivity contribution in [2.45, 2.75) is 26.3 Å². The number of anilines is 1. The summed E-state index contributed by atoms with van der Waals surface area (Å²) in [5.41, 5.74) is 1.07. The Hall–Kier alpha value is -1.91. The Morgan fingerprint density at radius 3 is 2.88 bits per heavy atom. The van der Waals surface area contributed by atoms with Gasteiger partial charge in [0, 0.05) is 31.2 Å². The Labute approximate surface area is 101 Å². The highest BCUT2D eigenvalue weighted by atomic mass is 15.1. The summed E-state index contributed by atoms with van der Waals surface area (Å²) in [6, 6.07) is 1.99. The van der Waals surface area contributed by atoms with E-state index in [0.29, 0.717) is 6.54 Å². The van der Waals surface area contributed by atoms with Crippen molar-refractivity contribution in [3.63, 3.8) is 0 Å². The zero-order valence-electron chi connectivity index (χ0n) is 10.2. The van der Waals surface area contributed by atoms with Gasteiger partial charge in [-0.2, -0.15) is 0 Å². The van der Waals surface area contributed by atoms with Crippen LogP contribution in [0.3, 0.4) is 0 Å². The first-order valence-corrected chi connectivity index (χ1v) is 5.80. The van der Waals surface area contributed by atoms with Crippen LogP contribution in [0, 0.1) is 0 Å². The van der Waals surface area contributed by atoms with E-state index >= 15 is 0 Å². The molecule has 0 aromatic carbocycles. The molecule has 0 aliphatic heterocycles. The second kappa shape index (κ2) is 5.43. The fraction of sp³-hybridized carbons (Fsp3) is 0.417. The van der Waals surface area contributed by atoms with Gasteiger partial charge in [0.05, 0.1) is 6.54 Å². The summed E-state index contributed by atoms with van der Waals surface area (Å²) in [4.78, 5) is 12.7. The van der Waals surface area contributed by atoms with Crippen molar-refractivity contribution in [2.24, 2.45) is 7.05 Å². The number of hydrogen-bond donors (Lipinski definition) is 1. The molecule has 2 rings (SSSR count). The summed E-state index contributed by atoms with van der Waals surface area (Å²) in [6.45, 7) is 2.81. The number of nitrogens with one attached hydrogen (secondary N) is 1. The Morgan fingerprint density at radius 2 is 2.18 bits per heavy atom. The van der Waals surface area contributed by atoms with E-state index < -0.39 is 0 Å². The first-order valence-electron chi connectivity index (χ1n) is 5.80. The average Bonchev–Trinajstić information content (AvgIpc) is 2.73. The molecule has 0 saturated carbocycles. The van der Waals surface area contributed by atoms with Gasteiger partial charge in [-0.05, 0) is 6.42 Å². The molecule has 0 radical (unpaired) electrons. The van der Waals surface area contributed by atoms with Gasteiger partial charge in [-0.15, -0.1) is 0 Å². The van der Waals surface area contributed by atoms with E-state index in [4.69, 9.17) is 0 Å². The molecular formula is C12H17N5. The van der Waals surface area contributed by atoms with E-state index in [1.54, 1.807) is 12.5 Å². The third-order valence-electron chi connectivity index (χ3n) is 2.58. The lowest BCUT2D eigenvalue weighted by atomic mass is 10.2. The van der Waals surface area contributed by atoms with Crippen molar-refractivity contribution in [3.8, 4) is 0 Å². The average molecular weight is 231 g/mol. The lowest BCUT2D eigenvalue weighted by Gasteiger charge is -2.06. The zero-order chi connectivity index (χ0) is 12.1. The maximum Gasteiger partial charge on any atom is 0.129 e. The molecule has 0 fully saturated rings. The third kappa shape index (κ3) is 3.03. The minimum absolute atomic E-state index is 0.673. The van der Waals surface area contributed by atoms with Gasteiger partial charge in [0.1, 0.15) is 18.0 Å². The molecule has 90 valence electrons. The normalized spacial score (nSPS) is 10.5. The molecular weight excluding hydrogens is 214 g/mol. The molecule has 0 saturated heterocycles. The Kier molecular flexibility index (Phi) is 3.69. The highest BCUT2D eigenvalue weighted by Gasteiger charge is 2.01. The molecule has 0 amide bonds. The van der Waals surface area contributed by atoms with Gasteiger partial charge < -0.3 is 9.88 Å². The molecule has 5 nitrogen and oxygen atoms in total. The summed E-state index contributed by atoms with van der Waals surface area (Å²) < 4.78 is 1.99. The standard InChI is InChI=1S/C12H17N5/c1-3-4-10-7-11(16-9-15-10)14-8-12-13-5-6-17(12)2/h5-7,9H,3-4,8H2,1-2H3,(H,14,15,16). The first-order chi connectivity index (χ1) is 8.29. The van der Waals surface area contributed by atoms with Gasteiger partial charge in [0.15, 0.2) is 0 Å². The molecule has 0 aliphatic rings. The Balaban J connectivity index is 1.99. The summed E-state index contributed by atoms with van der Waals surface area (Å²) in [6.07, 6.45) is 7.40. The SMILES string of the molecule is CCCc1cc(NCc2nccn2C)ncn1. The van der Waals surface area contributed by atoms with E-state index in [0.717, 1.165) is 30.2 Å². The molecule has 5 heteroatoms. The van der Waals surface area contributed by atoms with Crippen LogP contribution in [0.5, 0.6) is 0 Å². The Morgan fingerprint density at radius 1 is 1.29 bits per heavy atom. The van der Waals surface area contributed by atoms with Crippen LogP contribution in [0.4, 0.5) is 5.82 Å². The minimum atomic E-state index is 0.673. The van der Waals surface area contributed by atoms with Crippen molar-refractivity contribution < 1.29 is 0 Å². The van der Waals surface area contributed by atoms with Crippen LogP contribution >= 0.6 is 0 Å². The van der Waals surface area contributed by atoms with Crippen molar-refractivity contribution in [2.75, 3.05) is 5.32 Å². The summed E-state index contributed by atoms with van der Waals surface area (Å²) in [5, 5.41) is 3.25. The van der Waals surface area contributed by atoms with E-state index in [-0.39, 0.29) is 0 Å². The molecule has 2 aromatic heterocycles. The number of rotatable bonds is 5. The van der Waals surface area contributed by atoms with Gasteiger partial charge >= 0.3 is 0 Å². The van der Waals surface area contributed by atoms with Gasteiger partial charge in [0.25, 0.3) is 0 Å². The maximum atomic E-state index is 4.25. The second-order valence-corrected chi connectivity index (χ2v) is 3.95. The predicted octanol–water partition coefficient (Wildman–Crippen LogP) is 1.77. The van der Waals surface area contributed by atoms with Gasteiger partial charge in [-0.25, -0.2) is 15.0 Å². The number of nitrogens with zero attached hydrogens (tertiary/aromatic N) is 4. The molecule has 2 aromatic rings. The van der Waals surface area contributed by atoms with Crippen molar-refractivity contribution in [3.05, 3.63) is 36.3 Å². The summed E-state index contributed by atoms with van der Waals surface area (Å²) in [5.74, 6) is 1.84. The third-order valence-corrected chi connectivity index (χ3v) is 2.58. The van der Waals surface area contributed by atoms with Crippen LogP contribution in [0.15, 0.2) is 24.8 Å². The lowest BCUT2D eigenvalue weighted by Crippen LogP contribution is -2.07. The topological polar surface area (TPSA) is 55.6 Å². The molecule has 0 atom stereocenters. The summed E-state index contributed by atoms with van der Waals surface area (Å²) >= 11 is 0. The van der Waals surface area contributed by atoms with E-state index in [9.17, 15) is 0 Å². The van der Waals surface area contributed by atoms with E-state index in [1.165, 1.54) is 0 Å². The predicted molar refractivity (Wildman–Crippen MR) is 66.6 cm³/mol. The van der Waals surface area contributed by atoms with Crippen LogP contribution in [0.1, 0.15) is 24.9 Å². The summed E-state index contributed by atoms with van der Waals surface area (Å²) in [7, 11) is 1.98. The van der Waals surface area contributed by atoms with Crippen LogP contribution in [-0.2, 0) is 20.0 Å². The maximum absolute atomic E-state index is 4.25. The molecule has 0 spiro atoms. The van der Waals surface area contributed by atoms with Crippen LogP contribution in [-0.4, -0.2) is 19.5 Å². The molecule has 0 unspecified atom stereocenters. The molecule has 0 bridgehead atoms. The van der Waals surface area contributed by atoms with Gasteiger partial charge in [-0.3, -0.25) is 0 Å². The van der Waals surface area contributed by atoms with Crippen molar-refractivity contribution >= 4 is 5.82 Å². The minimum Gasteiger partial charge on any atom is -0.363 e. The fourth-order valence-corrected chi connectivity index (χ4v) is 1.62. The Bertz CT molecular complexity index is 477. The number of aryl methyl sites for hydroxylation is 2. The first kappa shape index (κ1) is 11.6. The number of imidazole rings is 1. The van der Waals surface area contributed by atoms with Crippen LogP contribution in [0.2, 0.25) is 0 Å². The van der Waals surface area contributed by atoms with Crippen molar-refractivity contribution in [1.29, 1.82) is 0 Å². The zero-order valence-corrected chi connectivity index (χ0v) is 10.2. The molecule has 2 heterocycles. The quantitative estimate of drug-likeness (QED) is 0.852. The van der Waals surface area contributed by atoms with Crippen LogP contribution in [0.25, 0.3) is 0 Å². The van der Waals surface area contributed by atoms with E-state index in [1.807, 2.05) is 23.9 Å². The molecule has 17 heavy (non-hydrogen) atoms. The smallest absolute Gasteiger partial charge is 0.129 e. The highest BCUT2D eigenvalue weighted by molar-refractivity contribution is 5.34. The highest BCUT2D eigenvalue weighted by Crippen LogP contribution is 2.07. The number of aromatic nitrogens is 4. The van der Waals surface area contributed by atoms with E-state index in [2.05, 4.69) is 27.2 Å². The van der Waals surface area contributed by atoms with Crippen molar-refractivity contribution in [1.82, 2.24) is 19.5 Å². The van der Waals surface area contributed by atoms with Gasteiger partial charge in [0.2, 0.25) is 0 Å². The van der Waals surface area contributed by atoms with Crippen LogP contribution < -0.4 is 5.32 Å². The molecule has 0 aliphatic carbocycles. The number of hydrogen-bond acceptors (Lipinski definition) is 4. The fourth-order valence-electron chi connectivity index (χ4n) is 1.62. The van der Waals surface area contributed by atoms with Gasteiger partial charge in [-0.1, -0.05) is 13.3 Å². The largest absolute Gasteiger partial charge is 0.363 e.